The number of rotatable bonds is 7. The lowest BCUT2D eigenvalue weighted by molar-refractivity contribution is 0.103. The van der Waals surface area contributed by atoms with Gasteiger partial charge in [0.05, 0.1) is 23.3 Å². The van der Waals surface area contributed by atoms with E-state index in [9.17, 15) is 4.79 Å². The van der Waals surface area contributed by atoms with E-state index in [-0.39, 0.29) is 5.91 Å². The molecule has 0 fully saturated rings. The first kappa shape index (κ1) is 21.4. The Labute approximate surface area is 194 Å². The maximum Gasteiger partial charge on any atom is 0.265 e. The van der Waals surface area contributed by atoms with Crippen molar-refractivity contribution >= 4 is 46.1 Å². The topological polar surface area (TPSA) is 56.1 Å². The molecular weight excluding hydrogens is 453 g/mol. The van der Waals surface area contributed by atoms with E-state index in [1.165, 1.54) is 11.3 Å². The fourth-order valence-electron chi connectivity index (χ4n) is 2.97. The van der Waals surface area contributed by atoms with Crippen LogP contribution in [0.5, 0.6) is 5.75 Å². The van der Waals surface area contributed by atoms with Crippen LogP contribution in [0, 0.1) is 6.92 Å². The van der Waals surface area contributed by atoms with Crippen molar-refractivity contribution in [3.05, 3.63) is 97.9 Å². The molecule has 2 aromatic heterocycles. The highest BCUT2D eigenvalue weighted by atomic mass is 35.5. The first-order valence-corrected chi connectivity index (χ1v) is 11.1. The third kappa shape index (κ3) is 5.67. The van der Waals surface area contributed by atoms with Gasteiger partial charge in [0.25, 0.3) is 5.91 Å². The van der Waals surface area contributed by atoms with Gasteiger partial charge in [-0.15, -0.1) is 11.3 Å². The smallest absolute Gasteiger partial charge is 0.265 e. The highest BCUT2D eigenvalue weighted by Crippen LogP contribution is 2.23. The Morgan fingerprint density at radius 3 is 2.84 bits per heavy atom. The lowest BCUT2D eigenvalue weighted by Gasteiger charge is -2.06. The highest BCUT2D eigenvalue weighted by molar-refractivity contribution is 7.12. The molecule has 0 unspecified atom stereocenters. The van der Waals surface area contributed by atoms with Gasteiger partial charge in [-0.1, -0.05) is 35.3 Å². The summed E-state index contributed by atoms with van der Waals surface area (Å²) in [5.41, 5.74) is 3.56. The number of ether oxygens (including phenoxy) is 1. The lowest BCUT2D eigenvalue weighted by Crippen LogP contribution is -2.09. The van der Waals surface area contributed by atoms with Gasteiger partial charge in [0.2, 0.25) is 0 Å². The maximum atomic E-state index is 12.6. The predicted octanol–water partition coefficient (Wildman–Crippen LogP) is 6.44. The normalized spacial score (nSPS) is 10.8. The molecule has 5 nitrogen and oxygen atoms in total. The van der Waals surface area contributed by atoms with Crippen LogP contribution >= 0.6 is 34.5 Å². The molecule has 0 bridgehead atoms. The fraction of sp³-hybridized carbons (Fsp3) is 0.130. The number of amides is 1. The minimum Gasteiger partial charge on any atom is -0.489 e. The molecule has 158 valence electrons. The molecule has 0 spiro atoms. The van der Waals surface area contributed by atoms with Gasteiger partial charge in [-0.25, -0.2) is 0 Å². The predicted molar refractivity (Wildman–Crippen MR) is 126 cm³/mol. The second-order valence-corrected chi connectivity index (χ2v) is 8.78. The lowest BCUT2D eigenvalue weighted by atomic mass is 10.2. The molecule has 0 atom stereocenters. The van der Waals surface area contributed by atoms with Crippen molar-refractivity contribution in [1.29, 1.82) is 0 Å². The third-order valence-electron chi connectivity index (χ3n) is 4.54. The van der Waals surface area contributed by atoms with Gasteiger partial charge < -0.3 is 10.1 Å². The Hall–Kier alpha value is -2.80. The zero-order valence-electron chi connectivity index (χ0n) is 16.6. The first-order valence-electron chi connectivity index (χ1n) is 9.51. The Bertz CT molecular complexity index is 1220. The van der Waals surface area contributed by atoms with E-state index < -0.39 is 0 Å². The van der Waals surface area contributed by atoms with Crippen LogP contribution in [0.3, 0.4) is 0 Å². The molecule has 0 saturated heterocycles. The van der Waals surface area contributed by atoms with Crippen molar-refractivity contribution in [3.8, 4) is 5.75 Å². The minimum absolute atomic E-state index is 0.180. The number of benzene rings is 2. The second-order valence-electron chi connectivity index (χ2n) is 7.03. The molecule has 0 radical (unpaired) electrons. The van der Waals surface area contributed by atoms with Gasteiger partial charge in [-0.05, 0) is 59.8 Å². The Morgan fingerprint density at radius 1 is 1.16 bits per heavy atom. The van der Waals surface area contributed by atoms with Crippen LogP contribution in [-0.4, -0.2) is 15.7 Å². The summed E-state index contributed by atoms with van der Waals surface area (Å²) in [6, 6.07) is 15.0. The summed E-state index contributed by atoms with van der Waals surface area (Å²) < 4.78 is 7.55. The SMILES string of the molecule is Cc1cc(OCc2csc(C(=O)Nc3cnn(Cc4cccc(Cl)c4)c3)c2)ccc1Cl. The number of halogens is 2. The van der Waals surface area contributed by atoms with Gasteiger partial charge in [-0.2, -0.15) is 5.10 Å². The Kier molecular flexibility index (Phi) is 6.61. The number of nitrogens with one attached hydrogen (secondary N) is 1. The summed E-state index contributed by atoms with van der Waals surface area (Å²) in [6.45, 7) is 2.88. The van der Waals surface area contributed by atoms with Gasteiger partial charge in [0, 0.05) is 21.8 Å². The van der Waals surface area contributed by atoms with Crippen molar-refractivity contribution < 1.29 is 9.53 Å². The van der Waals surface area contributed by atoms with Crippen LogP contribution < -0.4 is 10.1 Å². The van der Waals surface area contributed by atoms with E-state index in [2.05, 4.69) is 10.4 Å². The summed E-state index contributed by atoms with van der Waals surface area (Å²) in [4.78, 5) is 13.2. The molecule has 2 aromatic carbocycles. The average molecular weight is 472 g/mol. The number of hydrogen-bond acceptors (Lipinski definition) is 4. The maximum absolute atomic E-state index is 12.6. The second kappa shape index (κ2) is 9.56. The zero-order valence-corrected chi connectivity index (χ0v) is 19.0. The van der Waals surface area contributed by atoms with E-state index in [1.807, 2.05) is 60.8 Å². The van der Waals surface area contributed by atoms with Crippen LogP contribution in [0.25, 0.3) is 0 Å². The molecule has 4 rings (SSSR count). The highest BCUT2D eigenvalue weighted by Gasteiger charge is 2.11. The third-order valence-corrected chi connectivity index (χ3v) is 6.17. The van der Waals surface area contributed by atoms with Gasteiger partial charge in [0.1, 0.15) is 12.4 Å². The molecule has 1 N–H and O–H groups in total. The van der Waals surface area contributed by atoms with Gasteiger partial charge in [0.15, 0.2) is 0 Å². The number of aryl methyl sites for hydroxylation is 1. The molecule has 4 aromatic rings. The van der Waals surface area contributed by atoms with Crippen LogP contribution in [0.15, 0.2) is 66.3 Å². The molecule has 0 saturated carbocycles. The van der Waals surface area contributed by atoms with E-state index in [0.717, 1.165) is 22.4 Å². The van der Waals surface area contributed by atoms with E-state index in [0.29, 0.717) is 33.8 Å². The number of anilines is 1. The number of carbonyl (C=O) groups is 1. The largest absolute Gasteiger partial charge is 0.489 e. The molecular formula is C23H19Cl2N3O2S. The molecule has 31 heavy (non-hydrogen) atoms. The van der Waals surface area contributed by atoms with E-state index >= 15 is 0 Å². The van der Waals surface area contributed by atoms with Crippen molar-refractivity contribution in [2.24, 2.45) is 0 Å². The monoisotopic (exact) mass is 471 g/mol. The molecule has 0 aliphatic heterocycles. The van der Waals surface area contributed by atoms with Crippen LogP contribution in [0.1, 0.15) is 26.4 Å². The van der Waals surface area contributed by atoms with E-state index in [4.69, 9.17) is 27.9 Å². The van der Waals surface area contributed by atoms with Gasteiger partial charge >= 0.3 is 0 Å². The van der Waals surface area contributed by atoms with E-state index in [1.54, 1.807) is 17.1 Å². The summed E-state index contributed by atoms with van der Waals surface area (Å²) in [6.07, 6.45) is 3.42. The van der Waals surface area contributed by atoms with Crippen molar-refractivity contribution in [3.63, 3.8) is 0 Å². The van der Waals surface area contributed by atoms with Crippen molar-refractivity contribution in [2.75, 3.05) is 5.32 Å². The number of carbonyl (C=O) groups excluding carboxylic acids is 1. The van der Waals surface area contributed by atoms with Crippen molar-refractivity contribution in [2.45, 2.75) is 20.1 Å². The average Bonchev–Trinajstić information content (AvgIpc) is 3.38. The summed E-state index contributed by atoms with van der Waals surface area (Å²) >= 11 is 13.4. The first-order chi connectivity index (χ1) is 15.0. The Morgan fingerprint density at radius 2 is 2.03 bits per heavy atom. The number of thiophene rings is 1. The standard InChI is InChI=1S/C23H19Cl2N3O2S/c1-15-7-20(5-6-21(15)25)30-13-17-9-22(31-14-17)23(29)27-19-10-26-28(12-19)11-16-3-2-4-18(24)8-16/h2-10,12,14H,11,13H2,1H3,(H,27,29). The number of aromatic nitrogens is 2. The van der Waals surface area contributed by atoms with Crippen molar-refractivity contribution in [1.82, 2.24) is 9.78 Å². The molecule has 1 amide bonds. The summed E-state index contributed by atoms with van der Waals surface area (Å²) in [7, 11) is 0. The van der Waals surface area contributed by atoms with Crippen LogP contribution in [-0.2, 0) is 13.2 Å². The Balaban J connectivity index is 1.33. The molecule has 0 aliphatic rings. The van der Waals surface area contributed by atoms with Gasteiger partial charge in [-0.3, -0.25) is 9.48 Å². The number of nitrogens with zero attached hydrogens (tertiary/aromatic N) is 2. The van der Waals surface area contributed by atoms with Crippen LogP contribution in [0.4, 0.5) is 5.69 Å². The number of hydrogen-bond donors (Lipinski definition) is 1. The zero-order chi connectivity index (χ0) is 21.8. The fourth-order valence-corrected chi connectivity index (χ4v) is 4.10. The van der Waals surface area contributed by atoms with Crippen LogP contribution in [0.2, 0.25) is 10.0 Å². The quantitative estimate of drug-likeness (QED) is 0.337. The molecule has 2 heterocycles. The summed E-state index contributed by atoms with van der Waals surface area (Å²) in [5.74, 6) is 0.562. The molecule has 8 heteroatoms. The minimum atomic E-state index is -0.180. The molecule has 0 aliphatic carbocycles. The summed E-state index contributed by atoms with van der Waals surface area (Å²) in [5, 5.41) is 10.5.